The normalized spacial score (nSPS) is 14.5. The van der Waals surface area contributed by atoms with Crippen LogP contribution in [0.5, 0.6) is 11.5 Å². The van der Waals surface area contributed by atoms with E-state index in [0.29, 0.717) is 11.3 Å². The second kappa shape index (κ2) is 7.26. The minimum absolute atomic E-state index is 0.0621. The smallest absolute Gasteiger partial charge is 0.496 e. The minimum atomic E-state index is -4.85. The van der Waals surface area contributed by atoms with Gasteiger partial charge in [0.25, 0.3) is 11.8 Å². The molecule has 0 radical (unpaired) electrons. The van der Waals surface area contributed by atoms with Crippen LogP contribution in [0.25, 0.3) is 5.57 Å². The van der Waals surface area contributed by atoms with E-state index in [4.69, 9.17) is 4.74 Å². The number of rotatable bonds is 5. The first kappa shape index (κ1) is 19.3. The van der Waals surface area contributed by atoms with Crippen LogP contribution in [-0.4, -0.2) is 37.2 Å². The van der Waals surface area contributed by atoms with E-state index in [2.05, 4.69) is 10.1 Å². The van der Waals surface area contributed by atoms with E-state index in [9.17, 15) is 22.8 Å². The number of nitrogens with zero attached hydrogens (tertiary/aromatic N) is 1. The molecule has 0 fully saturated rings. The molecule has 1 N–H and O–H groups in total. The SMILES string of the molecule is COc1ccccc1C1=C(Nc2cccc(OC(F)(F)F)c2)C(=O)N(C)C1=O. The molecule has 0 aromatic heterocycles. The number of carbonyl (C=O) groups excluding carboxylic acids is 2. The van der Waals surface area contributed by atoms with Crippen molar-refractivity contribution in [3.63, 3.8) is 0 Å². The van der Waals surface area contributed by atoms with E-state index in [1.54, 1.807) is 24.3 Å². The molecule has 0 saturated carbocycles. The number of imide groups is 1. The number of carbonyl (C=O) groups is 2. The van der Waals surface area contributed by atoms with Gasteiger partial charge in [-0.15, -0.1) is 13.2 Å². The van der Waals surface area contributed by atoms with Crippen molar-refractivity contribution in [2.75, 3.05) is 19.5 Å². The standard InChI is InChI=1S/C19H15F3N2O4/c1-24-17(25)15(13-8-3-4-9-14(13)27-2)16(18(24)26)23-11-6-5-7-12(10-11)28-19(20,21)22/h3-10,23H,1-2H3. The fourth-order valence-corrected chi connectivity index (χ4v) is 2.77. The predicted octanol–water partition coefficient (Wildman–Crippen LogP) is 3.42. The van der Waals surface area contributed by atoms with E-state index in [1.165, 1.54) is 26.3 Å². The zero-order chi connectivity index (χ0) is 20.5. The van der Waals surface area contributed by atoms with Gasteiger partial charge in [-0.2, -0.15) is 0 Å². The number of likely N-dealkylation sites (N-methyl/N-ethyl adjacent to an activating group) is 1. The fraction of sp³-hybridized carbons (Fsp3) is 0.158. The van der Waals surface area contributed by atoms with Crippen molar-refractivity contribution in [3.05, 3.63) is 59.8 Å². The molecular weight excluding hydrogens is 377 g/mol. The minimum Gasteiger partial charge on any atom is -0.496 e. The summed E-state index contributed by atoms with van der Waals surface area (Å²) in [6.45, 7) is 0. The van der Waals surface area contributed by atoms with Gasteiger partial charge in [-0.05, 0) is 18.2 Å². The van der Waals surface area contributed by atoms with Crippen LogP contribution >= 0.6 is 0 Å². The van der Waals surface area contributed by atoms with Crippen LogP contribution in [0.2, 0.25) is 0 Å². The number of ether oxygens (including phenoxy) is 2. The number of nitrogens with one attached hydrogen (secondary N) is 1. The van der Waals surface area contributed by atoms with Gasteiger partial charge in [0, 0.05) is 24.4 Å². The molecule has 1 heterocycles. The van der Waals surface area contributed by atoms with Gasteiger partial charge in [0.1, 0.15) is 17.2 Å². The second-order valence-corrected chi connectivity index (χ2v) is 5.82. The highest BCUT2D eigenvalue weighted by molar-refractivity contribution is 6.36. The first-order valence-electron chi connectivity index (χ1n) is 8.04. The van der Waals surface area contributed by atoms with Gasteiger partial charge < -0.3 is 14.8 Å². The Morgan fingerprint density at radius 1 is 1.00 bits per heavy atom. The van der Waals surface area contributed by atoms with Gasteiger partial charge in [0.2, 0.25) is 0 Å². The Labute approximate surface area is 158 Å². The number of methoxy groups -OCH3 is 1. The number of para-hydroxylation sites is 1. The topological polar surface area (TPSA) is 67.9 Å². The Bertz CT molecular complexity index is 970. The number of alkyl halides is 3. The molecule has 0 saturated heterocycles. The number of halogens is 3. The summed E-state index contributed by atoms with van der Waals surface area (Å²) in [6.07, 6.45) is -4.85. The third kappa shape index (κ3) is 3.78. The zero-order valence-electron chi connectivity index (χ0n) is 14.8. The van der Waals surface area contributed by atoms with Crippen molar-refractivity contribution >= 4 is 23.1 Å². The molecule has 3 rings (SSSR count). The van der Waals surface area contributed by atoms with E-state index in [-0.39, 0.29) is 17.0 Å². The summed E-state index contributed by atoms with van der Waals surface area (Å²) < 4.78 is 46.5. The molecule has 28 heavy (non-hydrogen) atoms. The molecule has 0 aliphatic carbocycles. The quantitative estimate of drug-likeness (QED) is 0.790. The lowest BCUT2D eigenvalue weighted by atomic mass is 10.0. The Kier molecular flexibility index (Phi) is 5.00. The van der Waals surface area contributed by atoms with Crippen LogP contribution in [0.3, 0.4) is 0 Å². The maximum absolute atomic E-state index is 12.6. The Morgan fingerprint density at radius 2 is 1.71 bits per heavy atom. The molecule has 0 atom stereocenters. The van der Waals surface area contributed by atoms with E-state index < -0.39 is 23.9 Å². The largest absolute Gasteiger partial charge is 0.573 e. The molecule has 0 bridgehead atoms. The van der Waals surface area contributed by atoms with Crippen molar-refractivity contribution in [1.29, 1.82) is 0 Å². The third-order valence-electron chi connectivity index (χ3n) is 4.00. The molecule has 6 nitrogen and oxygen atoms in total. The fourth-order valence-electron chi connectivity index (χ4n) is 2.77. The number of amides is 2. The first-order valence-corrected chi connectivity index (χ1v) is 8.04. The van der Waals surface area contributed by atoms with Crippen LogP contribution < -0.4 is 14.8 Å². The molecular formula is C19H15F3N2O4. The van der Waals surface area contributed by atoms with Crippen molar-refractivity contribution in [2.24, 2.45) is 0 Å². The summed E-state index contributed by atoms with van der Waals surface area (Å²) in [5, 5.41) is 2.74. The Morgan fingerprint density at radius 3 is 2.39 bits per heavy atom. The monoisotopic (exact) mass is 392 g/mol. The molecule has 2 amide bonds. The molecule has 2 aromatic rings. The highest BCUT2D eigenvalue weighted by Crippen LogP contribution is 2.35. The van der Waals surface area contributed by atoms with Gasteiger partial charge >= 0.3 is 6.36 Å². The number of benzene rings is 2. The summed E-state index contributed by atoms with van der Waals surface area (Å²) >= 11 is 0. The van der Waals surface area contributed by atoms with Gasteiger partial charge in [-0.3, -0.25) is 14.5 Å². The van der Waals surface area contributed by atoms with Crippen LogP contribution in [0.1, 0.15) is 5.56 Å². The summed E-state index contributed by atoms with van der Waals surface area (Å²) in [7, 11) is 2.74. The Hall–Kier alpha value is -3.49. The van der Waals surface area contributed by atoms with Gasteiger partial charge in [0.15, 0.2) is 0 Å². The molecule has 0 spiro atoms. The molecule has 1 aliphatic heterocycles. The molecule has 146 valence electrons. The van der Waals surface area contributed by atoms with Crippen LogP contribution in [0.4, 0.5) is 18.9 Å². The summed E-state index contributed by atoms with van der Waals surface area (Å²) in [5.41, 5.74) is 0.534. The number of hydrogen-bond donors (Lipinski definition) is 1. The highest BCUT2D eigenvalue weighted by Gasteiger charge is 2.38. The number of anilines is 1. The maximum Gasteiger partial charge on any atom is 0.573 e. The van der Waals surface area contributed by atoms with Crippen LogP contribution in [0, 0.1) is 0 Å². The predicted molar refractivity (Wildman–Crippen MR) is 94.4 cm³/mol. The lowest BCUT2D eigenvalue weighted by Crippen LogP contribution is -2.28. The lowest BCUT2D eigenvalue weighted by Gasteiger charge is -2.13. The van der Waals surface area contributed by atoms with Crippen LogP contribution in [-0.2, 0) is 9.59 Å². The van der Waals surface area contributed by atoms with Gasteiger partial charge in [0.05, 0.1) is 12.7 Å². The van der Waals surface area contributed by atoms with Gasteiger partial charge in [-0.25, -0.2) is 0 Å². The van der Waals surface area contributed by atoms with E-state index in [1.807, 2.05) is 0 Å². The average Bonchev–Trinajstić information content (AvgIpc) is 2.84. The summed E-state index contributed by atoms with van der Waals surface area (Å²) in [4.78, 5) is 26.1. The maximum atomic E-state index is 12.6. The summed E-state index contributed by atoms with van der Waals surface area (Å²) in [5.74, 6) is -1.25. The third-order valence-corrected chi connectivity index (χ3v) is 4.00. The molecule has 9 heteroatoms. The van der Waals surface area contributed by atoms with E-state index >= 15 is 0 Å². The van der Waals surface area contributed by atoms with Crippen molar-refractivity contribution in [1.82, 2.24) is 4.90 Å². The second-order valence-electron chi connectivity index (χ2n) is 5.82. The van der Waals surface area contributed by atoms with E-state index in [0.717, 1.165) is 17.0 Å². The molecule has 2 aromatic carbocycles. The average molecular weight is 392 g/mol. The summed E-state index contributed by atoms with van der Waals surface area (Å²) in [6, 6.07) is 11.6. The van der Waals surface area contributed by atoms with Crippen molar-refractivity contribution in [3.8, 4) is 11.5 Å². The number of hydrogen-bond acceptors (Lipinski definition) is 5. The zero-order valence-corrected chi connectivity index (χ0v) is 14.8. The Balaban J connectivity index is 2.04. The first-order chi connectivity index (χ1) is 13.2. The highest BCUT2D eigenvalue weighted by atomic mass is 19.4. The van der Waals surface area contributed by atoms with Gasteiger partial charge in [-0.1, -0.05) is 24.3 Å². The van der Waals surface area contributed by atoms with Crippen molar-refractivity contribution in [2.45, 2.75) is 6.36 Å². The van der Waals surface area contributed by atoms with Crippen LogP contribution in [0.15, 0.2) is 54.2 Å². The molecule has 1 aliphatic rings. The van der Waals surface area contributed by atoms with Crippen molar-refractivity contribution < 1.29 is 32.2 Å². The molecule has 0 unspecified atom stereocenters. The lowest BCUT2D eigenvalue weighted by molar-refractivity contribution is -0.274.